The number of pyridine rings is 1. The van der Waals surface area contributed by atoms with Gasteiger partial charge in [-0.2, -0.15) is 0 Å². The van der Waals surface area contributed by atoms with Gasteiger partial charge in [-0.25, -0.2) is 4.98 Å². The second-order valence-corrected chi connectivity index (χ2v) is 6.81. The Balaban J connectivity index is 0.00000392. The molecule has 2 N–H and O–H groups in total. The van der Waals surface area contributed by atoms with Crippen molar-refractivity contribution in [1.82, 2.24) is 20.5 Å². The molecule has 1 saturated heterocycles. The maximum atomic E-state index is 5.53. The van der Waals surface area contributed by atoms with E-state index >= 15 is 0 Å². The molecule has 1 unspecified atom stereocenters. The van der Waals surface area contributed by atoms with Gasteiger partial charge in [0.15, 0.2) is 5.96 Å². The Morgan fingerprint density at radius 3 is 2.50 bits per heavy atom. The molecule has 1 aromatic heterocycles. The quantitative estimate of drug-likeness (QED) is 0.306. The first-order chi connectivity index (χ1) is 13.2. The first kappa shape index (κ1) is 24.9. The zero-order chi connectivity index (χ0) is 19.5. The number of guanidine groups is 1. The number of hydrogen-bond donors (Lipinski definition) is 2. The molecule has 0 bridgehead atoms. The number of morpholine rings is 1. The van der Waals surface area contributed by atoms with Gasteiger partial charge in [-0.3, -0.25) is 9.89 Å². The lowest BCUT2D eigenvalue weighted by atomic mass is 9.92. The van der Waals surface area contributed by atoms with Crippen LogP contribution in [-0.2, 0) is 11.3 Å². The van der Waals surface area contributed by atoms with Crippen LogP contribution in [0.25, 0.3) is 0 Å². The number of halogens is 1. The zero-order valence-corrected chi connectivity index (χ0v) is 19.9. The molecule has 160 valence electrons. The number of aromatic nitrogens is 1. The second kappa shape index (κ2) is 13.9. The summed E-state index contributed by atoms with van der Waals surface area (Å²) >= 11 is 0. The number of aliphatic imine (C=N–C) groups is 1. The fourth-order valence-corrected chi connectivity index (χ4v) is 3.58. The van der Waals surface area contributed by atoms with Crippen LogP contribution in [-0.4, -0.2) is 68.9 Å². The second-order valence-electron chi connectivity index (χ2n) is 6.81. The van der Waals surface area contributed by atoms with Crippen molar-refractivity contribution in [3.8, 4) is 5.88 Å². The van der Waals surface area contributed by atoms with Gasteiger partial charge >= 0.3 is 0 Å². The standard InChI is InChI=1S/C20H35N5O2.HI/c1-5-17(6-2)18(25-9-11-27-12-10-25)15-24-20(21-3)23-14-16-7-8-19(26-4)22-13-16;/h7-8,13,17-18H,5-6,9-12,14-15H2,1-4H3,(H2,21,23,24);1H. The molecule has 0 radical (unpaired) electrons. The molecule has 1 aliphatic heterocycles. The maximum Gasteiger partial charge on any atom is 0.212 e. The molecule has 1 aromatic rings. The fourth-order valence-electron chi connectivity index (χ4n) is 3.58. The van der Waals surface area contributed by atoms with E-state index in [-0.39, 0.29) is 24.0 Å². The van der Waals surface area contributed by atoms with E-state index in [1.807, 2.05) is 25.4 Å². The van der Waals surface area contributed by atoms with Gasteiger partial charge in [-0.1, -0.05) is 32.8 Å². The zero-order valence-electron chi connectivity index (χ0n) is 17.6. The summed E-state index contributed by atoms with van der Waals surface area (Å²) in [5, 5.41) is 6.89. The Hall–Kier alpha value is -1.13. The first-order valence-electron chi connectivity index (χ1n) is 9.97. The van der Waals surface area contributed by atoms with Crippen molar-refractivity contribution in [2.45, 2.75) is 39.3 Å². The van der Waals surface area contributed by atoms with E-state index in [1.165, 1.54) is 12.8 Å². The summed E-state index contributed by atoms with van der Waals surface area (Å²) in [7, 11) is 3.43. The monoisotopic (exact) mass is 505 g/mol. The summed E-state index contributed by atoms with van der Waals surface area (Å²) in [6.07, 6.45) is 4.19. The normalized spacial score (nSPS) is 16.4. The van der Waals surface area contributed by atoms with E-state index in [1.54, 1.807) is 7.11 Å². The number of nitrogens with one attached hydrogen (secondary N) is 2. The van der Waals surface area contributed by atoms with Gasteiger partial charge in [-0.15, -0.1) is 24.0 Å². The SMILES string of the molecule is CCC(CC)C(CNC(=NC)NCc1ccc(OC)nc1)N1CCOCC1.I. The summed E-state index contributed by atoms with van der Waals surface area (Å²) in [6.45, 7) is 9.79. The van der Waals surface area contributed by atoms with Crippen LogP contribution in [0.2, 0.25) is 0 Å². The molecule has 2 rings (SSSR count). The number of ether oxygens (including phenoxy) is 2. The van der Waals surface area contributed by atoms with Crippen molar-refractivity contribution in [2.75, 3.05) is 47.0 Å². The molecule has 1 atom stereocenters. The van der Waals surface area contributed by atoms with Crippen molar-refractivity contribution in [3.63, 3.8) is 0 Å². The van der Waals surface area contributed by atoms with Gasteiger partial charge in [0.25, 0.3) is 0 Å². The number of rotatable bonds is 9. The van der Waals surface area contributed by atoms with Crippen molar-refractivity contribution in [3.05, 3.63) is 23.9 Å². The van der Waals surface area contributed by atoms with Crippen LogP contribution in [0.5, 0.6) is 5.88 Å². The maximum absolute atomic E-state index is 5.53. The lowest BCUT2D eigenvalue weighted by Gasteiger charge is -2.39. The van der Waals surface area contributed by atoms with Gasteiger partial charge in [0.1, 0.15) is 0 Å². The van der Waals surface area contributed by atoms with Crippen LogP contribution in [0.15, 0.2) is 23.3 Å². The highest BCUT2D eigenvalue weighted by Crippen LogP contribution is 2.19. The van der Waals surface area contributed by atoms with E-state index in [9.17, 15) is 0 Å². The predicted octanol–water partition coefficient (Wildman–Crippen LogP) is 2.51. The van der Waals surface area contributed by atoms with Gasteiger partial charge in [-0.05, 0) is 11.5 Å². The fraction of sp³-hybridized carbons (Fsp3) is 0.700. The van der Waals surface area contributed by atoms with E-state index in [4.69, 9.17) is 9.47 Å². The van der Waals surface area contributed by atoms with Crippen LogP contribution in [0, 0.1) is 5.92 Å². The Morgan fingerprint density at radius 2 is 1.96 bits per heavy atom. The summed E-state index contributed by atoms with van der Waals surface area (Å²) in [5.41, 5.74) is 1.09. The van der Waals surface area contributed by atoms with Crippen molar-refractivity contribution >= 4 is 29.9 Å². The minimum atomic E-state index is 0. The van der Waals surface area contributed by atoms with Crippen LogP contribution in [0.3, 0.4) is 0 Å². The molecule has 0 aromatic carbocycles. The van der Waals surface area contributed by atoms with Gasteiger partial charge in [0, 0.05) is 51.5 Å². The van der Waals surface area contributed by atoms with Crippen molar-refractivity contribution in [2.24, 2.45) is 10.9 Å². The number of hydrogen-bond acceptors (Lipinski definition) is 5. The van der Waals surface area contributed by atoms with Crippen molar-refractivity contribution in [1.29, 1.82) is 0 Å². The summed E-state index contributed by atoms with van der Waals surface area (Å²) in [6, 6.07) is 4.37. The molecule has 7 nitrogen and oxygen atoms in total. The molecular weight excluding hydrogens is 469 g/mol. The third kappa shape index (κ3) is 7.71. The smallest absolute Gasteiger partial charge is 0.212 e. The van der Waals surface area contributed by atoms with E-state index in [0.29, 0.717) is 24.4 Å². The minimum Gasteiger partial charge on any atom is -0.481 e. The Bertz CT molecular complexity index is 560. The van der Waals surface area contributed by atoms with Crippen molar-refractivity contribution < 1.29 is 9.47 Å². The molecule has 1 fully saturated rings. The average molecular weight is 505 g/mol. The molecule has 0 spiro atoms. The minimum absolute atomic E-state index is 0. The van der Waals surface area contributed by atoms with Crippen LogP contribution >= 0.6 is 24.0 Å². The highest BCUT2D eigenvalue weighted by atomic mass is 127. The van der Waals surface area contributed by atoms with Gasteiger partial charge < -0.3 is 20.1 Å². The molecule has 0 saturated carbocycles. The van der Waals surface area contributed by atoms with E-state index < -0.39 is 0 Å². The topological polar surface area (TPSA) is 71.0 Å². The molecular formula is C20H36IN5O2. The van der Waals surface area contributed by atoms with Crippen LogP contribution in [0.1, 0.15) is 32.3 Å². The average Bonchev–Trinajstić information content (AvgIpc) is 2.74. The number of methoxy groups -OCH3 is 1. The summed E-state index contributed by atoms with van der Waals surface area (Å²) in [4.78, 5) is 11.2. The van der Waals surface area contributed by atoms with Crippen LogP contribution in [0.4, 0.5) is 0 Å². The van der Waals surface area contributed by atoms with E-state index in [2.05, 4.69) is 39.4 Å². The Morgan fingerprint density at radius 1 is 1.25 bits per heavy atom. The van der Waals surface area contributed by atoms with Gasteiger partial charge in [0.05, 0.1) is 20.3 Å². The first-order valence-corrected chi connectivity index (χ1v) is 9.97. The highest BCUT2D eigenvalue weighted by molar-refractivity contribution is 14.0. The molecule has 2 heterocycles. The molecule has 0 aliphatic carbocycles. The lowest BCUT2D eigenvalue weighted by Crippen LogP contribution is -2.53. The third-order valence-electron chi connectivity index (χ3n) is 5.28. The Labute approximate surface area is 186 Å². The Kier molecular flexibility index (Phi) is 12.4. The lowest BCUT2D eigenvalue weighted by molar-refractivity contribution is 0.00272. The predicted molar refractivity (Wildman–Crippen MR) is 125 cm³/mol. The third-order valence-corrected chi connectivity index (χ3v) is 5.28. The largest absolute Gasteiger partial charge is 0.481 e. The molecule has 0 amide bonds. The highest BCUT2D eigenvalue weighted by Gasteiger charge is 2.26. The molecule has 1 aliphatic rings. The van der Waals surface area contributed by atoms with Gasteiger partial charge in [0.2, 0.25) is 5.88 Å². The number of nitrogens with zero attached hydrogens (tertiary/aromatic N) is 3. The van der Waals surface area contributed by atoms with E-state index in [0.717, 1.165) is 44.4 Å². The summed E-state index contributed by atoms with van der Waals surface area (Å²) < 4.78 is 10.6. The summed E-state index contributed by atoms with van der Waals surface area (Å²) in [5.74, 6) is 2.11. The molecule has 8 heteroatoms. The molecule has 28 heavy (non-hydrogen) atoms. The van der Waals surface area contributed by atoms with Crippen LogP contribution < -0.4 is 15.4 Å².